The molecule has 0 amide bonds. The fourth-order valence-corrected chi connectivity index (χ4v) is 3.40. The first kappa shape index (κ1) is 16.3. The molecule has 0 N–H and O–H groups in total. The Balaban J connectivity index is 3.76. The van der Waals surface area contributed by atoms with Crippen LogP contribution in [0.15, 0.2) is 12.7 Å². The van der Waals surface area contributed by atoms with Crippen LogP contribution in [0.5, 0.6) is 0 Å². The Morgan fingerprint density at radius 2 is 1.94 bits per heavy atom. The van der Waals surface area contributed by atoms with Gasteiger partial charge in [-0.2, -0.15) is 0 Å². The lowest BCUT2D eigenvalue weighted by atomic mass is 10.2. The molecular weight excluding hydrogens is 236 g/mol. The standard InChI is InChI=1S/C12H24O4Si/c1-5-12(13)14-10-8-9-11(4)17(15-6-2)16-7-3/h5,11,17H,1,6-10H2,2-4H3. The first-order chi connectivity index (χ1) is 8.15. The third kappa shape index (κ3) is 8.12. The molecule has 0 heterocycles. The lowest BCUT2D eigenvalue weighted by Crippen LogP contribution is -2.28. The normalized spacial score (nSPS) is 12.5. The highest BCUT2D eigenvalue weighted by molar-refractivity contribution is 6.46. The summed E-state index contributed by atoms with van der Waals surface area (Å²) >= 11 is 0. The first-order valence-electron chi connectivity index (χ1n) is 6.18. The summed E-state index contributed by atoms with van der Waals surface area (Å²) in [5, 5.41) is 0. The van der Waals surface area contributed by atoms with Crippen molar-refractivity contribution in [2.24, 2.45) is 0 Å². The molecule has 0 aromatic heterocycles. The summed E-state index contributed by atoms with van der Waals surface area (Å²) in [6.45, 7) is 11.3. The Morgan fingerprint density at radius 3 is 2.41 bits per heavy atom. The lowest BCUT2D eigenvalue weighted by Gasteiger charge is -2.21. The zero-order chi connectivity index (χ0) is 13.1. The van der Waals surface area contributed by atoms with E-state index in [-0.39, 0.29) is 5.97 Å². The quantitative estimate of drug-likeness (QED) is 0.261. The van der Waals surface area contributed by atoms with Gasteiger partial charge in [-0.05, 0) is 32.2 Å². The van der Waals surface area contributed by atoms with Gasteiger partial charge >= 0.3 is 15.3 Å². The molecule has 0 saturated heterocycles. The van der Waals surface area contributed by atoms with Gasteiger partial charge in [0.2, 0.25) is 0 Å². The zero-order valence-electron chi connectivity index (χ0n) is 11.1. The minimum Gasteiger partial charge on any atom is -0.463 e. The molecule has 100 valence electrons. The number of ether oxygens (including phenoxy) is 1. The number of hydrogen-bond acceptors (Lipinski definition) is 4. The van der Waals surface area contributed by atoms with E-state index in [9.17, 15) is 4.79 Å². The van der Waals surface area contributed by atoms with E-state index in [1.54, 1.807) is 0 Å². The van der Waals surface area contributed by atoms with E-state index in [1.165, 1.54) is 6.08 Å². The van der Waals surface area contributed by atoms with Crippen LogP contribution in [-0.2, 0) is 18.4 Å². The highest BCUT2D eigenvalue weighted by Gasteiger charge is 2.20. The maximum Gasteiger partial charge on any atom is 0.330 e. The summed E-state index contributed by atoms with van der Waals surface area (Å²) in [4.78, 5) is 10.8. The molecular formula is C12H24O4Si. The number of esters is 1. The summed E-state index contributed by atoms with van der Waals surface area (Å²) in [6.07, 6.45) is 2.98. The summed E-state index contributed by atoms with van der Waals surface area (Å²) in [5.74, 6) is -0.360. The van der Waals surface area contributed by atoms with Crippen molar-refractivity contribution in [1.29, 1.82) is 0 Å². The molecule has 0 aromatic rings. The van der Waals surface area contributed by atoms with Crippen LogP contribution in [0.4, 0.5) is 0 Å². The van der Waals surface area contributed by atoms with Crippen LogP contribution in [0, 0.1) is 0 Å². The summed E-state index contributed by atoms with van der Waals surface area (Å²) in [6, 6.07) is 0. The second-order valence-corrected chi connectivity index (χ2v) is 6.31. The third-order valence-corrected chi connectivity index (χ3v) is 4.93. The predicted octanol–water partition coefficient (Wildman–Crippen LogP) is 2.18. The van der Waals surface area contributed by atoms with E-state index in [0.29, 0.717) is 25.4 Å². The van der Waals surface area contributed by atoms with Crippen molar-refractivity contribution in [2.75, 3.05) is 19.8 Å². The van der Waals surface area contributed by atoms with E-state index >= 15 is 0 Å². The van der Waals surface area contributed by atoms with Gasteiger partial charge in [-0.1, -0.05) is 13.5 Å². The minimum atomic E-state index is -1.56. The van der Waals surface area contributed by atoms with Crippen LogP contribution in [-0.4, -0.2) is 35.1 Å². The summed E-state index contributed by atoms with van der Waals surface area (Å²) < 4.78 is 16.2. The second-order valence-electron chi connectivity index (χ2n) is 3.77. The van der Waals surface area contributed by atoms with Crippen LogP contribution in [0.1, 0.15) is 33.6 Å². The molecule has 0 spiro atoms. The molecule has 1 atom stereocenters. The largest absolute Gasteiger partial charge is 0.463 e. The number of hydrogen-bond donors (Lipinski definition) is 0. The molecule has 0 aromatic carbocycles. The Hall–Kier alpha value is -0.653. The van der Waals surface area contributed by atoms with Gasteiger partial charge in [-0.15, -0.1) is 0 Å². The average molecular weight is 260 g/mol. The Morgan fingerprint density at radius 1 is 1.35 bits per heavy atom. The van der Waals surface area contributed by atoms with Gasteiger partial charge in [-0.3, -0.25) is 0 Å². The van der Waals surface area contributed by atoms with Gasteiger partial charge in [0, 0.05) is 19.3 Å². The Bertz CT molecular complexity index is 215. The molecule has 0 radical (unpaired) electrons. The second kappa shape index (κ2) is 10.5. The summed E-state index contributed by atoms with van der Waals surface area (Å²) in [5.41, 5.74) is 0.428. The van der Waals surface area contributed by atoms with E-state index in [4.69, 9.17) is 13.6 Å². The molecule has 0 aliphatic rings. The van der Waals surface area contributed by atoms with E-state index in [0.717, 1.165) is 12.8 Å². The molecule has 0 fully saturated rings. The number of carbonyl (C=O) groups is 1. The maximum absolute atomic E-state index is 10.8. The fourth-order valence-electron chi connectivity index (χ4n) is 1.48. The van der Waals surface area contributed by atoms with Crippen LogP contribution in [0.25, 0.3) is 0 Å². The minimum absolute atomic E-state index is 0.360. The maximum atomic E-state index is 10.8. The van der Waals surface area contributed by atoms with Gasteiger partial charge in [0.05, 0.1) is 6.61 Å². The molecule has 0 aliphatic carbocycles. The molecule has 1 unspecified atom stereocenters. The molecule has 17 heavy (non-hydrogen) atoms. The first-order valence-corrected chi connectivity index (χ1v) is 7.79. The van der Waals surface area contributed by atoms with E-state index in [1.807, 2.05) is 13.8 Å². The smallest absolute Gasteiger partial charge is 0.330 e. The molecule has 0 saturated carbocycles. The van der Waals surface area contributed by atoms with Gasteiger partial charge in [0.25, 0.3) is 0 Å². The highest BCUT2D eigenvalue weighted by atomic mass is 28.3. The monoisotopic (exact) mass is 260 g/mol. The van der Waals surface area contributed by atoms with Crippen molar-refractivity contribution in [1.82, 2.24) is 0 Å². The molecule has 5 heteroatoms. The highest BCUT2D eigenvalue weighted by Crippen LogP contribution is 2.18. The fraction of sp³-hybridized carbons (Fsp3) is 0.750. The van der Waals surface area contributed by atoms with Crippen molar-refractivity contribution in [3.05, 3.63) is 12.7 Å². The molecule has 0 bridgehead atoms. The summed E-state index contributed by atoms with van der Waals surface area (Å²) in [7, 11) is -1.56. The third-order valence-electron chi connectivity index (χ3n) is 2.34. The van der Waals surface area contributed by atoms with E-state index in [2.05, 4.69) is 13.5 Å². The number of rotatable bonds is 10. The average Bonchev–Trinajstić information content (AvgIpc) is 2.33. The van der Waals surface area contributed by atoms with Crippen LogP contribution in [0.3, 0.4) is 0 Å². The van der Waals surface area contributed by atoms with Crippen LogP contribution >= 0.6 is 0 Å². The van der Waals surface area contributed by atoms with Gasteiger partial charge in [0.1, 0.15) is 0 Å². The molecule has 0 aliphatic heterocycles. The van der Waals surface area contributed by atoms with Crippen molar-refractivity contribution in [2.45, 2.75) is 39.2 Å². The predicted molar refractivity (Wildman–Crippen MR) is 70.2 cm³/mol. The van der Waals surface area contributed by atoms with Gasteiger partial charge in [0.15, 0.2) is 0 Å². The SMILES string of the molecule is C=CC(=O)OCCCC(C)[SiH](OCC)OCC. The van der Waals surface area contributed by atoms with E-state index < -0.39 is 9.28 Å². The zero-order valence-corrected chi connectivity index (χ0v) is 12.3. The van der Waals surface area contributed by atoms with Crippen molar-refractivity contribution < 1.29 is 18.4 Å². The van der Waals surface area contributed by atoms with Crippen molar-refractivity contribution >= 4 is 15.3 Å². The van der Waals surface area contributed by atoms with Crippen molar-refractivity contribution in [3.63, 3.8) is 0 Å². The van der Waals surface area contributed by atoms with Crippen LogP contribution in [0.2, 0.25) is 5.54 Å². The van der Waals surface area contributed by atoms with Crippen LogP contribution < -0.4 is 0 Å². The number of carbonyl (C=O) groups excluding carboxylic acids is 1. The topological polar surface area (TPSA) is 44.8 Å². The van der Waals surface area contributed by atoms with Crippen molar-refractivity contribution in [3.8, 4) is 0 Å². The Labute approximate surface area is 106 Å². The van der Waals surface area contributed by atoms with Gasteiger partial charge < -0.3 is 13.6 Å². The van der Waals surface area contributed by atoms with Gasteiger partial charge in [-0.25, -0.2) is 4.79 Å². The molecule has 4 nitrogen and oxygen atoms in total. The molecule has 0 rings (SSSR count). The Kier molecular flexibility index (Phi) is 10.1. The lowest BCUT2D eigenvalue weighted by molar-refractivity contribution is -0.137.